The van der Waals surface area contributed by atoms with Crippen LogP contribution in [0.3, 0.4) is 0 Å². The van der Waals surface area contributed by atoms with Crippen LogP contribution < -0.4 is 11.2 Å². The van der Waals surface area contributed by atoms with Crippen molar-refractivity contribution in [3.8, 4) is 0 Å². The van der Waals surface area contributed by atoms with Crippen molar-refractivity contribution < 1.29 is 0 Å². The van der Waals surface area contributed by atoms with E-state index < -0.39 is 0 Å². The quantitative estimate of drug-likeness (QED) is 0.520. The molecule has 0 unspecified atom stereocenters. The molecule has 0 aliphatic rings. The van der Waals surface area contributed by atoms with Gasteiger partial charge < -0.3 is 0 Å². The molecule has 0 saturated heterocycles. The van der Waals surface area contributed by atoms with Gasteiger partial charge in [0, 0.05) is 12.4 Å². The maximum absolute atomic E-state index is 3.81. The average Bonchev–Trinajstić information content (AvgIpc) is 2.60. The van der Waals surface area contributed by atoms with Crippen LogP contribution in [0, 0.1) is 0 Å². The summed E-state index contributed by atoms with van der Waals surface area (Å²) in [6.45, 7) is 0. The maximum Gasteiger partial charge on any atom is 0.240 e. The number of H-pyrrole nitrogens is 2. The molecular formula is C6H6BN4. The first-order valence-corrected chi connectivity index (χ1v) is 3.28. The summed E-state index contributed by atoms with van der Waals surface area (Å²) >= 11 is 0. The molecule has 2 rings (SSSR count). The summed E-state index contributed by atoms with van der Waals surface area (Å²) in [4.78, 5) is 0. The number of hydrogen-bond acceptors (Lipinski definition) is 2. The third kappa shape index (κ3) is 1.31. The number of aromatic nitrogens is 4. The van der Waals surface area contributed by atoms with E-state index in [2.05, 4.69) is 20.4 Å². The van der Waals surface area contributed by atoms with Crippen molar-refractivity contribution in [2.24, 2.45) is 0 Å². The van der Waals surface area contributed by atoms with Gasteiger partial charge in [0.15, 0.2) is 0 Å². The summed E-state index contributed by atoms with van der Waals surface area (Å²) < 4.78 is 0. The SMILES string of the molecule is [B](c1ccn[nH]1)c1ccn[nH]1. The van der Waals surface area contributed by atoms with Gasteiger partial charge in [0.25, 0.3) is 0 Å². The molecule has 1 radical (unpaired) electrons. The van der Waals surface area contributed by atoms with Crippen LogP contribution in [0.5, 0.6) is 0 Å². The Labute approximate surface area is 64.3 Å². The fourth-order valence-electron chi connectivity index (χ4n) is 0.862. The molecule has 0 aliphatic carbocycles. The van der Waals surface area contributed by atoms with Crippen LogP contribution in [0.15, 0.2) is 24.5 Å². The fraction of sp³-hybridized carbons (Fsp3) is 0. The molecule has 0 bridgehead atoms. The predicted molar refractivity (Wildman–Crippen MR) is 42.2 cm³/mol. The lowest BCUT2D eigenvalue weighted by molar-refractivity contribution is 1.10. The molecule has 4 nitrogen and oxygen atoms in total. The number of rotatable bonds is 2. The lowest BCUT2D eigenvalue weighted by Crippen LogP contribution is -2.28. The third-order valence-corrected chi connectivity index (χ3v) is 1.36. The molecule has 2 heterocycles. The van der Waals surface area contributed by atoms with Crippen molar-refractivity contribution in [1.29, 1.82) is 0 Å². The minimum Gasteiger partial charge on any atom is -0.292 e. The van der Waals surface area contributed by atoms with Gasteiger partial charge >= 0.3 is 0 Å². The molecule has 2 aromatic rings. The second kappa shape index (κ2) is 2.61. The van der Waals surface area contributed by atoms with Crippen molar-refractivity contribution >= 4 is 18.5 Å². The van der Waals surface area contributed by atoms with Crippen LogP contribution in [0.4, 0.5) is 0 Å². The van der Waals surface area contributed by atoms with E-state index in [0.29, 0.717) is 0 Å². The first-order chi connectivity index (χ1) is 5.45. The summed E-state index contributed by atoms with van der Waals surface area (Å²) in [5.41, 5.74) is 1.93. The average molecular weight is 145 g/mol. The Morgan fingerprint density at radius 1 is 1.00 bits per heavy atom. The van der Waals surface area contributed by atoms with Crippen molar-refractivity contribution in [2.75, 3.05) is 0 Å². The summed E-state index contributed by atoms with van der Waals surface area (Å²) in [6, 6.07) is 3.78. The van der Waals surface area contributed by atoms with Gasteiger partial charge in [-0.3, -0.25) is 10.2 Å². The zero-order chi connectivity index (χ0) is 7.52. The first-order valence-electron chi connectivity index (χ1n) is 3.28. The van der Waals surface area contributed by atoms with Crippen LogP contribution in [0.25, 0.3) is 0 Å². The van der Waals surface area contributed by atoms with E-state index in [1.54, 1.807) is 12.4 Å². The fourth-order valence-corrected chi connectivity index (χ4v) is 0.862. The van der Waals surface area contributed by atoms with E-state index in [0.717, 1.165) is 11.2 Å². The van der Waals surface area contributed by atoms with Crippen LogP contribution in [-0.4, -0.2) is 27.7 Å². The molecular weight excluding hydrogens is 139 g/mol. The Bertz CT molecular complexity index is 267. The molecule has 0 amide bonds. The highest BCUT2D eigenvalue weighted by molar-refractivity contribution is 6.65. The van der Waals surface area contributed by atoms with E-state index in [-0.39, 0.29) is 0 Å². The Kier molecular flexibility index (Phi) is 1.48. The van der Waals surface area contributed by atoms with Crippen LogP contribution in [-0.2, 0) is 0 Å². The minimum atomic E-state index is 0.967. The van der Waals surface area contributed by atoms with Crippen molar-refractivity contribution in [3.05, 3.63) is 24.5 Å². The van der Waals surface area contributed by atoms with Crippen LogP contribution >= 0.6 is 0 Å². The molecule has 0 atom stereocenters. The zero-order valence-electron chi connectivity index (χ0n) is 5.78. The summed E-state index contributed by atoms with van der Waals surface area (Å²) in [5, 5.41) is 13.3. The van der Waals surface area contributed by atoms with Crippen LogP contribution in [0.1, 0.15) is 0 Å². The van der Waals surface area contributed by atoms with E-state index in [9.17, 15) is 0 Å². The van der Waals surface area contributed by atoms with Crippen molar-refractivity contribution in [3.63, 3.8) is 0 Å². The molecule has 53 valence electrons. The molecule has 0 aliphatic heterocycles. The van der Waals surface area contributed by atoms with E-state index in [1.165, 1.54) is 0 Å². The summed E-state index contributed by atoms with van der Waals surface area (Å²) in [6.07, 6.45) is 3.42. The zero-order valence-corrected chi connectivity index (χ0v) is 5.78. The minimum absolute atomic E-state index is 0.967. The van der Waals surface area contributed by atoms with E-state index >= 15 is 0 Å². The Balaban J connectivity index is 2.14. The maximum atomic E-state index is 3.81. The molecule has 0 fully saturated rings. The van der Waals surface area contributed by atoms with Gasteiger partial charge in [-0.05, 0) is 23.3 Å². The normalized spacial score (nSPS) is 9.82. The van der Waals surface area contributed by atoms with Crippen LogP contribution in [0.2, 0.25) is 0 Å². The molecule has 0 aromatic carbocycles. The molecule has 5 heteroatoms. The Hall–Kier alpha value is -1.52. The van der Waals surface area contributed by atoms with Crippen molar-refractivity contribution in [1.82, 2.24) is 20.4 Å². The Morgan fingerprint density at radius 3 is 1.91 bits per heavy atom. The second-order valence-electron chi connectivity index (χ2n) is 2.17. The molecule has 0 spiro atoms. The topological polar surface area (TPSA) is 57.4 Å². The summed E-state index contributed by atoms with van der Waals surface area (Å²) in [7, 11) is 1.93. The highest BCUT2D eigenvalue weighted by atomic mass is 15.1. The summed E-state index contributed by atoms with van der Waals surface area (Å²) in [5.74, 6) is 0. The first kappa shape index (κ1) is 6.21. The second-order valence-corrected chi connectivity index (χ2v) is 2.17. The number of aromatic amines is 2. The Morgan fingerprint density at radius 2 is 1.55 bits per heavy atom. The number of nitrogens with zero attached hydrogens (tertiary/aromatic N) is 2. The van der Waals surface area contributed by atoms with Gasteiger partial charge in [-0.2, -0.15) is 10.2 Å². The van der Waals surface area contributed by atoms with Gasteiger partial charge in [0.1, 0.15) is 0 Å². The largest absolute Gasteiger partial charge is 0.292 e. The molecule has 0 saturated carbocycles. The predicted octanol–water partition coefficient (Wildman–Crippen LogP) is -1.21. The lowest BCUT2D eigenvalue weighted by Gasteiger charge is -1.87. The third-order valence-electron chi connectivity index (χ3n) is 1.36. The molecule has 11 heavy (non-hydrogen) atoms. The van der Waals surface area contributed by atoms with E-state index in [4.69, 9.17) is 0 Å². The highest BCUT2D eigenvalue weighted by Gasteiger charge is 1.99. The molecule has 2 aromatic heterocycles. The highest BCUT2D eigenvalue weighted by Crippen LogP contribution is 1.72. The van der Waals surface area contributed by atoms with Gasteiger partial charge in [0.05, 0.1) is 0 Å². The smallest absolute Gasteiger partial charge is 0.240 e. The standard InChI is InChI=1S/C6H6BN4/c1-3-8-10-5(1)7-6-2-4-9-11-6/h1-4H,(H,8,10)(H,9,11). The lowest BCUT2D eigenvalue weighted by atomic mass is 9.71. The van der Waals surface area contributed by atoms with Gasteiger partial charge in [-0.25, -0.2) is 0 Å². The van der Waals surface area contributed by atoms with Gasteiger partial charge in [-0.1, -0.05) is 0 Å². The van der Waals surface area contributed by atoms with Crippen molar-refractivity contribution in [2.45, 2.75) is 0 Å². The molecule has 2 N–H and O–H groups in total. The monoisotopic (exact) mass is 145 g/mol. The number of hydrogen-bond donors (Lipinski definition) is 2. The van der Waals surface area contributed by atoms with Gasteiger partial charge in [-0.15, -0.1) is 0 Å². The van der Waals surface area contributed by atoms with Gasteiger partial charge in [0.2, 0.25) is 7.28 Å². The van der Waals surface area contributed by atoms with E-state index in [1.807, 2.05) is 19.4 Å². The number of nitrogens with one attached hydrogen (secondary N) is 2.